The average Bonchev–Trinajstić information content (AvgIpc) is 2.81. The topological polar surface area (TPSA) is 94.2 Å². The maximum absolute atomic E-state index is 13.1. The fourth-order valence-electron chi connectivity index (χ4n) is 3.38. The van der Waals surface area contributed by atoms with E-state index in [4.69, 9.17) is 5.11 Å². The van der Waals surface area contributed by atoms with E-state index >= 15 is 0 Å². The Morgan fingerprint density at radius 1 is 1.03 bits per heavy atom. The number of benzene rings is 2. The summed E-state index contributed by atoms with van der Waals surface area (Å²) >= 11 is 0. The van der Waals surface area contributed by atoms with Crippen molar-refractivity contribution in [1.29, 1.82) is 0 Å². The molecule has 4 aromatic rings. The maximum Gasteiger partial charge on any atom is 0.335 e. The number of aromatic carboxylic acids is 1. The Hall–Kier alpha value is -4.44. The van der Waals surface area contributed by atoms with Gasteiger partial charge in [-0.3, -0.25) is 13.9 Å². The average molecular weight is 425 g/mol. The summed E-state index contributed by atoms with van der Waals surface area (Å²) < 4.78 is 2.50. The van der Waals surface area contributed by atoms with Crippen LogP contribution in [-0.2, 0) is 20.0 Å². The van der Waals surface area contributed by atoms with Crippen LogP contribution in [0.2, 0.25) is 0 Å². The Morgan fingerprint density at radius 3 is 2.44 bits per heavy atom. The second-order valence-electron chi connectivity index (χ2n) is 7.29. The first-order valence-corrected chi connectivity index (χ1v) is 9.88. The van der Waals surface area contributed by atoms with Crippen LogP contribution in [0.1, 0.15) is 27.2 Å². The molecule has 158 valence electrons. The predicted molar refractivity (Wildman–Crippen MR) is 121 cm³/mol. The van der Waals surface area contributed by atoms with Crippen LogP contribution in [0, 0.1) is 11.8 Å². The summed E-state index contributed by atoms with van der Waals surface area (Å²) in [6, 6.07) is 17.5. The molecule has 0 fully saturated rings. The van der Waals surface area contributed by atoms with Gasteiger partial charge in [0.05, 0.1) is 29.2 Å². The van der Waals surface area contributed by atoms with Crippen LogP contribution in [-0.4, -0.2) is 25.2 Å². The molecule has 2 heterocycles. The quantitative estimate of drug-likeness (QED) is 0.507. The largest absolute Gasteiger partial charge is 0.478 e. The van der Waals surface area contributed by atoms with Crippen LogP contribution in [0.25, 0.3) is 10.9 Å². The molecule has 2 aromatic carbocycles. The lowest BCUT2D eigenvalue weighted by molar-refractivity contribution is 0.0697. The van der Waals surface area contributed by atoms with Gasteiger partial charge in [-0.1, -0.05) is 48.4 Å². The van der Waals surface area contributed by atoms with Gasteiger partial charge in [0.1, 0.15) is 5.69 Å². The molecule has 7 heteroatoms. The molecule has 0 saturated heterocycles. The van der Waals surface area contributed by atoms with E-state index in [1.54, 1.807) is 25.2 Å². The summed E-state index contributed by atoms with van der Waals surface area (Å²) in [6.07, 6.45) is 2.04. The minimum Gasteiger partial charge on any atom is -0.478 e. The van der Waals surface area contributed by atoms with Gasteiger partial charge in [-0.05, 0) is 35.2 Å². The molecule has 0 atom stereocenters. The number of carboxylic acid groups (broad SMARTS) is 1. The number of aromatic nitrogens is 3. The third kappa shape index (κ3) is 4.20. The second kappa shape index (κ2) is 8.74. The number of carbonyl (C=O) groups is 1. The third-order valence-electron chi connectivity index (χ3n) is 5.13. The van der Waals surface area contributed by atoms with Gasteiger partial charge >= 0.3 is 11.7 Å². The Labute approximate surface area is 183 Å². The van der Waals surface area contributed by atoms with Crippen molar-refractivity contribution in [3.05, 3.63) is 110 Å². The van der Waals surface area contributed by atoms with Crippen LogP contribution in [0.4, 0.5) is 0 Å². The van der Waals surface area contributed by atoms with E-state index in [-0.39, 0.29) is 12.1 Å². The van der Waals surface area contributed by atoms with Crippen LogP contribution in [0.5, 0.6) is 0 Å². The van der Waals surface area contributed by atoms with Crippen LogP contribution in [0.3, 0.4) is 0 Å². The summed E-state index contributed by atoms with van der Waals surface area (Å²) in [7, 11) is 1.58. The number of fused-ring (bicyclic) bond motifs is 1. The molecule has 0 spiro atoms. The Bertz CT molecular complexity index is 1490. The highest BCUT2D eigenvalue weighted by Crippen LogP contribution is 2.09. The standard InChI is InChI=1S/C25H19N3O4/c1-27-22-15-26-20(9-5-8-17-6-3-2-4-7-17)14-21(22)23(29)28(25(27)32)16-18-10-12-19(13-11-18)24(30)31/h2-4,6-7,10-15H,8,16H2,1H3,(H,30,31). The zero-order valence-electron chi connectivity index (χ0n) is 17.3. The SMILES string of the molecule is Cn1c(=O)n(Cc2ccc(C(=O)O)cc2)c(=O)c2cc(C#CCc3ccccc3)ncc21. The number of nitrogens with zero attached hydrogens (tertiary/aromatic N) is 3. The Morgan fingerprint density at radius 2 is 1.75 bits per heavy atom. The van der Waals surface area contributed by atoms with Gasteiger partial charge in [0.15, 0.2) is 0 Å². The van der Waals surface area contributed by atoms with Gasteiger partial charge in [0, 0.05) is 13.5 Å². The fourth-order valence-corrected chi connectivity index (χ4v) is 3.38. The molecule has 0 radical (unpaired) electrons. The molecular weight excluding hydrogens is 406 g/mol. The molecule has 0 amide bonds. The number of rotatable bonds is 4. The van der Waals surface area contributed by atoms with Gasteiger partial charge < -0.3 is 5.11 Å². The lowest BCUT2D eigenvalue weighted by Crippen LogP contribution is -2.39. The van der Waals surface area contributed by atoms with Gasteiger partial charge in [-0.2, -0.15) is 0 Å². The number of carboxylic acids is 1. The number of aryl methyl sites for hydroxylation is 1. The molecule has 0 bridgehead atoms. The van der Waals surface area contributed by atoms with Crippen molar-refractivity contribution in [3.63, 3.8) is 0 Å². The number of hydrogen-bond donors (Lipinski definition) is 1. The molecule has 0 aliphatic rings. The van der Waals surface area contributed by atoms with E-state index in [9.17, 15) is 14.4 Å². The van der Waals surface area contributed by atoms with Crippen molar-refractivity contribution in [2.75, 3.05) is 0 Å². The van der Waals surface area contributed by atoms with Gasteiger partial charge in [0.2, 0.25) is 0 Å². The van der Waals surface area contributed by atoms with Crippen molar-refractivity contribution in [1.82, 2.24) is 14.1 Å². The Balaban J connectivity index is 1.70. The zero-order valence-corrected chi connectivity index (χ0v) is 17.3. The molecule has 4 rings (SSSR count). The highest BCUT2D eigenvalue weighted by molar-refractivity contribution is 5.87. The highest BCUT2D eigenvalue weighted by Gasteiger charge is 2.13. The molecule has 0 saturated carbocycles. The monoisotopic (exact) mass is 425 g/mol. The van der Waals surface area contributed by atoms with Crippen LogP contribution < -0.4 is 11.2 Å². The number of pyridine rings is 1. The fraction of sp³-hybridized carbons (Fsp3) is 0.120. The summed E-state index contributed by atoms with van der Waals surface area (Å²) in [4.78, 5) is 41.2. The smallest absolute Gasteiger partial charge is 0.335 e. The van der Waals surface area contributed by atoms with E-state index in [1.807, 2.05) is 30.3 Å². The van der Waals surface area contributed by atoms with Crippen LogP contribution >= 0.6 is 0 Å². The van der Waals surface area contributed by atoms with Crippen molar-refractivity contribution >= 4 is 16.9 Å². The molecule has 32 heavy (non-hydrogen) atoms. The van der Waals surface area contributed by atoms with Crippen molar-refractivity contribution < 1.29 is 9.90 Å². The van der Waals surface area contributed by atoms with E-state index in [1.165, 1.54) is 22.9 Å². The van der Waals surface area contributed by atoms with Gasteiger partial charge in [-0.25, -0.2) is 14.6 Å². The molecule has 1 N–H and O–H groups in total. The second-order valence-corrected chi connectivity index (χ2v) is 7.29. The van der Waals surface area contributed by atoms with Crippen molar-refractivity contribution in [2.24, 2.45) is 7.05 Å². The summed E-state index contributed by atoms with van der Waals surface area (Å²) in [5.74, 6) is 5.00. The molecule has 7 nitrogen and oxygen atoms in total. The third-order valence-corrected chi connectivity index (χ3v) is 5.13. The Kier molecular flexibility index (Phi) is 5.69. The van der Waals surface area contributed by atoms with E-state index < -0.39 is 17.2 Å². The lowest BCUT2D eigenvalue weighted by Gasteiger charge is -2.11. The van der Waals surface area contributed by atoms with Crippen LogP contribution in [0.15, 0.2) is 76.4 Å². The van der Waals surface area contributed by atoms with Crippen molar-refractivity contribution in [2.45, 2.75) is 13.0 Å². The van der Waals surface area contributed by atoms with Gasteiger partial charge in [-0.15, -0.1) is 0 Å². The summed E-state index contributed by atoms with van der Waals surface area (Å²) in [6.45, 7) is 0.0265. The zero-order chi connectivity index (χ0) is 22.7. The first-order chi connectivity index (χ1) is 15.4. The summed E-state index contributed by atoms with van der Waals surface area (Å²) in [5, 5.41) is 9.38. The molecular formula is C25H19N3O4. The lowest BCUT2D eigenvalue weighted by atomic mass is 10.1. The van der Waals surface area contributed by atoms with E-state index in [0.29, 0.717) is 28.6 Å². The first kappa shape index (κ1) is 20.8. The summed E-state index contributed by atoms with van der Waals surface area (Å²) in [5.41, 5.74) is 1.81. The number of hydrogen-bond acceptors (Lipinski definition) is 4. The minimum absolute atomic E-state index is 0.0265. The molecule has 0 unspecified atom stereocenters. The van der Waals surface area contributed by atoms with E-state index in [0.717, 1.165) is 10.1 Å². The molecule has 2 aromatic heterocycles. The van der Waals surface area contributed by atoms with E-state index in [2.05, 4.69) is 16.8 Å². The van der Waals surface area contributed by atoms with Gasteiger partial charge in [0.25, 0.3) is 5.56 Å². The molecule has 0 aliphatic heterocycles. The normalized spacial score (nSPS) is 10.5. The predicted octanol–water partition coefficient (Wildman–Crippen LogP) is 2.44. The maximum atomic E-state index is 13.1. The first-order valence-electron chi connectivity index (χ1n) is 9.88. The molecule has 0 aliphatic carbocycles. The highest BCUT2D eigenvalue weighted by atomic mass is 16.4. The van der Waals surface area contributed by atoms with Crippen molar-refractivity contribution in [3.8, 4) is 11.8 Å². The minimum atomic E-state index is -1.04.